The number of hydrogen-bond acceptors (Lipinski definition) is 3. The molecule has 0 saturated heterocycles. The van der Waals surface area contributed by atoms with Crippen LogP contribution in [0.3, 0.4) is 0 Å². The first kappa shape index (κ1) is 17.7. The minimum atomic E-state index is 0.182. The summed E-state index contributed by atoms with van der Waals surface area (Å²) in [5.41, 5.74) is 1.05. The van der Waals surface area contributed by atoms with Crippen molar-refractivity contribution >= 4 is 23.2 Å². The largest absolute Gasteiger partial charge is 0.395 e. The third-order valence-electron chi connectivity index (χ3n) is 3.28. The Morgan fingerprint density at radius 2 is 2.05 bits per heavy atom. The molecule has 0 aliphatic rings. The number of benzene rings is 1. The number of rotatable bonds is 9. The zero-order chi connectivity index (χ0) is 15.0. The van der Waals surface area contributed by atoms with Gasteiger partial charge < -0.3 is 15.3 Å². The maximum Gasteiger partial charge on any atom is 0.0640 e. The normalized spacial score (nSPS) is 12.9. The van der Waals surface area contributed by atoms with Crippen molar-refractivity contribution in [3.05, 3.63) is 33.8 Å². The quantitative estimate of drug-likeness (QED) is 0.733. The van der Waals surface area contributed by atoms with Gasteiger partial charge in [-0.3, -0.25) is 0 Å². The Bertz CT molecular complexity index is 401. The van der Waals surface area contributed by atoms with Gasteiger partial charge in [0.15, 0.2) is 0 Å². The van der Waals surface area contributed by atoms with Gasteiger partial charge in [-0.15, -0.1) is 0 Å². The lowest BCUT2D eigenvalue weighted by Crippen LogP contribution is -2.29. The average Bonchev–Trinajstić information content (AvgIpc) is 2.43. The Kier molecular flexibility index (Phi) is 8.50. The van der Waals surface area contributed by atoms with Crippen LogP contribution in [0.4, 0.5) is 0 Å². The number of aliphatic hydroxyl groups excluding tert-OH is 1. The van der Waals surface area contributed by atoms with Gasteiger partial charge in [0, 0.05) is 12.6 Å². The summed E-state index contributed by atoms with van der Waals surface area (Å²) in [5, 5.41) is 13.7. The van der Waals surface area contributed by atoms with E-state index >= 15 is 0 Å². The summed E-state index contributed by atoms with van der Waals surface area (Å²) in [4.78, 5) is 2.11. The Morgan fingerprint density at radius 3 is 2.70 bits per heavy atom. The lowest BCUT2D eigenvalue weighted by atomic mass is 10.0. The maximum atomic E-state index is 8.95. The van der Waals surface area contributed by atoms with Crippen LogP contribution < -0.4 is 5.32 Å². The molecule has 3 nitrogen and oxygen atoms in total. The molecule has 5 heteroatoms. The van der Waals surface area contributed by atoms with Crippen LogP contribution in [-0.2, 0) is 0 Å². The van der Waals surface area contributed by atoms with E-state index in [-0.39, 0.29) is 12.6 Å². The van der Waals surface area contributed by atoms with E-state index in [2.05, 4.69) is 17.1 Å². The molecular weight excluding hydrogens is 295 g/mol. The minimum absolute atomic E-state index is 0.182. The van der Waals surface area contributed by atoms with Gasteiger partial charge in [0.2, 0.25) is 0 Å². The van der Waals surface area contributed by atoms with Crippen molar-refractivity contribution in [2.24, 2.45) is 0 Å². The van der Waals surface area contributed by atoms with Crippen LogP contribution in [0.1, 0.15) is 31.4 Å². The Morgan fingerprint density at radius 1 is 1.30 bits per heavy atom. The van der Waals surface area contributed by atoms with E-state index < -0.39 is 0 Å². The van der Waals surface area contributed by atoms with Gasteiger partial charge in [-0.2, -0.15) is 0 Å². The summed E-state index contributed by atoms with van der Waals surface area (Å²) in [6, 6.07) is 5.94. The molecule has 0 radical (unpaired) electrons. The highest BCUT2D eigenvalue weighted by molar-refractivity contribution is 6.42. The summed E-state index contributed by atoms with van der Waals surface area (Å²) < 4.78 is 0. The van der Waals surface area contributed by atoms with E-state index in [0.29, 0.717) is 16.6 Å². The van der Waals surface area contributed by atoms with Gasteiger partial charge in [0.1, 0.15) is 0 Å². The highest BCUT2D eigenvalue weighted by atomic mass is 35.5. The van der Waals surface area contributed by atoms with E-state index in [1.54, 1.807) is 0 Å². The van der Waals surface area contributed by atoms with Crippen molar-refractivity contribution in [1.82, 2.24) is 10.2 Å². The molecule has 1 unspecified atom stereocenters. The van der Waals surface area contributed by atoms with Crippen LogP contribution in [0.5, 0.6) is 0 Å². The van der Waals surface area contributed by atoms with Crippen LogP contribution in [0, 0.1) is 0 Å². The first-order valence-electron chi connectivity index (χ1n) is 7.06. The fourth-order valence-corrected chi connectivity index (χ4v) is 2.55. The van der Waals surface area contributed by atoms with E-state index in [4.69, 9.17) is 28.3 Å². The number of halogens is 2. The lowest BCUT2D eigenvalue weighted by Gasteiger charge is -2.23. The second-order valence-electron chi connectivity index (χ2n) is 4.97. The van der Waals surface area contributed by atoms with Crippen molar-refractivity contribution in [3.63, 3.8) is 0 Å². The van der Waals surface area contributed by atoms with E-state index in [1.165, 1.54) is 0 Å². The predicted molar refractivity (Wildman–Crippen MR) is 86.7 cm³/mol. The van der Waals surface area contributed by atoms with Gasteiger partial charge in [0.25, 0.3) is 0 Å². The molecule has 1 aromatic carbocycles. The van der Waals surface area contributed by atoms with Gasteiger partial charge in [-0.05, 0) is 44.6 Å². The Labute approximate surface area is 131 Å². The fraction of sp³-hybridized carbons (Fsp3) is 0.600. The highest BCUT2D eigenvalue weighted by Crippen LogP contribution is 2.31. The Balaban J connectivity index is 2.75. The van der Waals surface area contributed by atoms with Gasteiger partial charge >= 0.3 is 0 Å². The minimum Gasteiger partial charge on any atom is -0.395 e. The number of nitrogens with zero attached hydrogens (tertiary/aromatic N) is 1. The summed E-state index contributed by atoms with van der Waals surface area (Å²) >= 11 is 12.4. The smallest absolute Gasteiger partial charge is 0.0640 e. The molecule has 0 spiro atoms. The molecular formula is C15H24Cl2N2O. The standard InChI is InChI=1S/C15H24Cl2N2O/c1-3-8-18-14(7-9-19(2)10-11-20)12-5-4-6-13(16)15(12)17/h4-6,14,18,20H,3,7-11H2,1-2H3. The van der Waals surface area contributed by atoms with Crippen LogP contribution in [0.15, 0.2) is 18.2 Å². The maximum absolute atomic E-state index is 8.95. The molecule has 0 bridgehead atoms. The topological polar surface area (TPSA) is 35.5 Å². The van der Waals surface area contributed by atoms with Crippen LogP contribution in [0.25, 0.3) is 0 Å². The molecule has 1 atom stereocenters. The average molecular weight is 319 g/mol. The molecule has 0 saturated carbocycles. The first-order valence-corrected chi connectivity index (χ1v) is 7.82. The van der Waals surface area contributed by atoms with Crippen molar-refractivity contribution in [2.45, 2.75) is 25.8 Å². The lowest BCUT2D eigenvalue weighted by molar-refractivity contribution is 0.215. The van der Waals surface area contributed by atoms with Gasteiger partial charge in [-0.25, -0.2) is 0 Å². The molecule has 0 aromatic heterocycles. The van der Waals surface area contributed by atoms with Crippen LogP contribution >= 0.6 is 23.2 Å². The number of nitrogens with one attached hydrogen (secondary N) is 1. The van der Waals surface area contributed by atoms with Crippen molar-refractivity contribution in [1.29, 1.82) is 0 Å². The second kappa shape index (κ2) is 9.59. The molecule has 114 valence electrons. The second-order valence-corrected chi connectivity index (χ2v) is 5.75. The van der Waals surface area contributed by atoms with Gasteiger partial charge in [0.05, 0.1) is 16.7 Å². The number of likely N-dealkylation sites (N-methyl/N-ethyl adjacent to an activating group) is 1. The highest BCUT2D eigenvalue weighted by Gasteiger charge is 2.16. The van der Waals surface area contributed by atoms with Crippen LogP contribution in [0.2, 0.25) is 10.0 Å². The van der Waals surface area contributed by atoms with Crippen molar-refractivity contribution < 1.29 is 5.11 Å². The molecule has 0 fully saturated rings. The van der Waals surface area contributed by atoms with Crippen molar-refractivity contribution in [3.8, 4) is 0 Å². The van der Waals surface area contributed by atoms with Crippen LogP contribution in [-0.4, -0.2) is 43.3 Å². The SMILES string of the molecule is CCCNC(CCN(C)CCO)c1cccc(Cl)c1Cl. The van der Waals surface area contributed by atoms with Gasteiger partial charge in [-0.1, -0.05) is 42.3 Å². The molecule has 0 aliphatic heterocycles. The number of hydrogen-bond donors (Lipinski definition) is 2. The molecule has 0 heterocycles. The molecule has 2 N–H and O–H groups in total. The summed E-state index contributed by atoms with van der Waals surface area (Å²) in [6.07, 6.45) is 2.00. The summed E-state index contributed by atoms with van der Waals surface area (Å²) in [5.74, 6) is 0. The van der Waals surface area contributed by atoms with E-state index in [9.17, 15) is 0 Å². The fourth-order valence-electron chi connectivity index (χ4n) is 2.11. The van der Waals surface area contributed by atoms with E-state index in [1.807, 2.05) is 25.2 Å². The monoisotopic (exact) mass is 318 g/mol. The summed E-state index contributed by atoms with van der Waals surface area (Å²) in [6.45, 7) is 4.84. The molecule has 1 aromatic rings. The molecule has 1 rings (SSSR count). The third kappa shape index (κ3) is 5.58. The first-order chi connectivity index (χ1) is 9.60. The van der Waals surface area contributed by atoms with Crippen molar-refractivity contribution in [2.75, 3.05) is 33.3 Å². The predicted octanol–water partition coefficient (Wildman–Crippen LogP) is 3.35. The zero-order valence-electron chi connectivity index (χ0n) is 12.2. The molecule has 0 aliphatic carbocycles. The number of aliphatic hydroxyl groups is 1. The van der Waals surface area contributed by atoms with E-state index in [0.717, 1.165) is 31.5 Å². The Hall–Kier alpha value is -0.320. The zero-order valence-corrected chi connectivity index (χ0v) is 13.7. The molecule has 20 heavy (non-hydrogen) atoms. The molecule has 0 amide bonds. The summed E-state index contributed by atoms with van der Waals surface area (Å²) in [7, 11) is 2.01. The third-order valence-corrected chi connectivity index (χ3v) is 4.11.